The van der Waals surface area contributed by atoms with E-state index < -0.39 is 0 Å². The number of likely N-dealkylation sites (tertiary alicyclic amines) is 1. The molecule has 0 amide bonds. The van der Waals surface area contributed by atoms with Gasteiger partial charge in [-0.2, -0.15) is 0 Å². The molecular weight excluding hydrogens is 463 g/mol. The van der Waals surface area contributed by atoms with Crippen molar-refractivity contribution in [2.45, 2.75) is 53.0 Å². The first-order valence-electron chi connectivity index (χ1n) is 11.4. The summed E-state index contributed by atoms with van der Waals surface area (Å²) >= 11 is 0. The molecule has 2 aliphatic heterocycles. The van der Waals surface area contributed by atoms with Gasteiger partial charge < -0.3 is 25.3 Å². The molecule has 6 nitrogen and oxygen atoms in total. The van der Waals surface area contributed by atoms with E-state index in [1.54, 1.807) is 0 Å². The third-order valence-corrected chi connectivity index (χ3v) is 5.86. The summed E-state index contributed by atoms with van der Waals surface area (Å²) in [5.74, 6) is 1.61. The molecule has 166 valence electrons. The number of nitrogens with one attached hydrogen (secondary N) is 2. The molecule has 2 saturated heterocycles. The molecule has 2 N–H and O–H groups in total. The highest BCUT2D eigenvalue weighted by Crippen LogP contribution is 2.11. The van der Waals surface area contributed by atoms with Gasteiger partial charge in [0.15, 0.2) is 5.96 Å². The Morgan fingerprint density at radius 2 is 1.61 bits per heavy atom. The normalized spacial score (nSPS) is 21.9. The van der Waals surface area contributed by atoms with E-state index in [2.05, 4.69) is 53.0 Å². The van der Waals surface area contributed by atoms with Crippen LogP contribution >= 0.6 is 24.0 Å². The van der Waals surface area contributed by atoms with Gasteiger partial charge in [-0.3, -0.25) is 4.99 Å². The third-order valence-electron chi connectivity index (χ3n) is 5.86. The lowest BCUT2D eigenvalue weighted by Crippen LogP contribution is -2.49. The van der Waals surface area contributed by atoms with E-state index in [0.29, 0.717) is 12.0 Å². The van der Waals surface area contributed by atoms with Crippen molar-refractivity contribution in [3.05, 3.63) is 0 Å². The van der Waals surface area contributed by atoms with Gasteiger partial charge in [0, 0.05) is 64.9 Å². The smallest absolute Gasteiger partial charge is 0.191 e. The monoisotopic (exact) mass is 508 g/mol. The van der Waals surface area contributed by atoms with Crippen LogP contribution in [-0.4, -0.2) is 98.7 Å². The van der Waals surface area contributed by atoms with Gasteiger partial charge in [0.05, 0.1) is 0 Å². The van der Waals surface area contributed by atoms with E-state index in [9.17, 15) is 0 Å². The van der Waals surface area contributed by atoms with Crippen LogP contribution in [0.5, 0.6) is 0 Å². The maximum Gasteiger partial charge on any atom is 0.191 e. The average molecular weight is 509 g/mol. The summed E-state index contributed by atoms with van der Waals surface area (Å²) in [6.45, 7) is 21.7. The molecule has 2 aliphatic rings. The van der Waals surface area contributed by atoms with E-state index in [1.165, 1.54) is 71.6 Å². The number of halogens is 1. The minimum absolute atomic E-state index is 0. The lowest BCUT2D eigenvalue weighted by Gasteiger charge is -2.35. The highest BCUT2D eigenvalue weighted by Gasteiger charge is 2.20. The highest BCUT2D eigenvalue weighted by molar-refractivity contribution is 14.0. The molecule has 2 heterocycles. The molecule has 0 radical (unpaired) electrons. The van der Waals surface area contributed by atoms with Gasteiger partial charge in [-0.05, 0) is 45.2 Å². The number of hydrogen-bond acceptors (Lipinski definition) is 4. The second-order valence-electron chi connectivity index (χ2n) is 8.32. The second-order valence-corrected chi connectivity index (χ2v) is 8.32. The molecule has 0 bridgehead atoms. The molecule has 0 aromatic heterocycles. The number of guanidine groups is 1. The standard InChI is InChI=1S/C21H44N6.HI/c1-5-10-26-11-8-20(9-12-26)24-21(22-6-2)23-17-19(4)18-27-15-13-25(7-3)14-16-27;/h19-20H,5-18H2,1-4H3,(H2,22,23,24);1H. The molecule has 0 saturated carbocycles. The van der Waals surface area contributed by atoms with Crippen molar-refractivity contribution < 1.29 is 0 Å². The number of piperidine rings is 1. The van der Waals surface area contributed by atoms with Crippen LogP contribution in [0.2, 0.25) is 0 Å². The average Bonchev–Trinajstić information content (AvgIpc) is 2.68. The predicted molar refractivity (Wildman–Crippen MR) is 132 cm³/mol. The van der Waals surface area contributed by atoms with Gasteiger partial charge in [-0.15, -0.1) is 24.0 Å². The summed E-state index contributed by atoms with van der Waals surface area (Å²) in [5.41, 5.74) is 0. The van der Waals surface area contributed by atoms with Crippen LogP contribution in [0.25, 0.3) is 0 Å². The van der Waals surface area contributed by atoms with Crippen molar-refractivity contribution in [1.29, 1.82) is 0 Å². The predicted octanol–water partition coefficient (Wildman–Crippen LogP) is 2.31. The second kappa shape index (κ2) is 14.8. The number of likely N-dealkylation sites (N-methyl/N-ethyl adjacent to an activating group) is 1. The number of aliphatic imine (C=N–C) groups is 1. The first-order chi connectivity index (χ1) is 13.1. The van der Waals surface area contributed by atoms with Crippen LogP contribution in [0.4, 0.5) is 0 Å². The Labute approximate surface area is 190 Å². The summed E-state index contributed by atoms with van der Waals surface area (Å²) in [4.78, 5) is 12.6. The van der Waals surface area contributed by atoms with Crippen LogP contribution in [0.15, 0.2) is 4.99 Å². The minimum Gasteiger partial charge on any atom is -0.357 e. The Morgan fingerprint density at radius 1 is 0.964 bits per heavy atom. The Bertz CT molecular complexity index is 417. The molecule has 0 aliphatic carbocycles. The lowest BCUT2D eigenvalue weighted by atomic mass is 10.1. The van der Waals surface area contributed by atoms with Crippen LogP contribution in [0.1, 0.15) is 47.0 Å². The topological polar surface area (TPSA) is 46.1 Å². The van der Waals surface area contributed by atoms with Gasteiger partial charge in [0.2, 0.25) is 0 Å². The summed E-state index contributed by atoms with van der Waals surface area (Å²) in [6, 6.07) is 0.563. The highest BCUT2D eigenvalue weighted by atomic mass is 127. The molecular formula is C21H45IN6. The molecule has 0 spiro atoms. The Hall–Kier alpha value is -0.120. The first kappa shape index (κ1) is 25.9. The van der Waals surface area contributed by atoms with Crippen molar-refractivity contribution in [1.82, 2.24) is 25.3 Å². The van der Waals surface area contributed by atoms with Gasteiger partial charge in [0.25, 0.3) is 0 Å². The van der Waals surface area contributed by atoms with E-state index in [0.717, 1.165) is 25.6 Å². The molecule has 0 aromatic rings. The largest absolute Gasteiger partial charge is 0.357 e. The number of nitrogens with zero attached hydrogens (tertiary/aromatic N) is 4. The Balaban J connectivity index is 0.00000392. The quantitative estimate of drug-likeness (QED) is 0.285. The van der Waals surface area contributed by atoms with Crippen LogP contribution in [0.3, 0.4) is 0 Å². The van der Waals surface area contributed by atoms with Crippen molar-refractivity contribution in [3.63, 3.8) is 0 Å². The SMILES string of the molecule is CCCN1CCC(NC(=NCC(C)CN2CCN(CC)CC2)NCC)CC1.I. The zero-order valence-corrected chi connectivity index (χ0v) is 21.1. The molecule has 28 heavy (non-hydrogen) atoms. The Kier molecular flexibility index (Phi) is 13.7. The fraction of sp³-hybridized carbons (Fsp3) is 0.952. The van der Waals surface area contributed by atoms with Crippen molar-refractivity contribution in [3.8, 4) is 0 Å². The number of rotatable bonds is 9. The lowest BCUT2D eigenvalue weighted by molar-refractivity contribution is 0.125. The summed E-state index contributed by atoms with van der Waals surface area (Å²) in [5, 5.41) is 7.13. The van der Waals surface area contributed by atoms with Crippen LogP contribution in [0, 0.1) is 5.92 Å². The van der Waals surface area contributed by atoms with Crippen LogP contribution in [-0.2, 0) is 0 Å². The number of piperazine rings is 1. The Morgan fingerprint density at radius 3 is 2.18 bits per heavy atom. The van der Waals surface area contributed by atoms with Gasteiger partial charge in [-0.25, -0.2) is 0 Å². The first-order valence-corrected chi connectivity index (χ1v) is 11.4. The molecule has 2 fully saturated rings. The van der Waals surface area contributed by atoms with E-state index in [1.807, 2.05) is 0 Å². The fourth-order valence-corrected chi connectivity index (χ4v) is 4.16. The van der Waals surface area contributed by atoms with Crippen LogP contribution < -0.4 is 10.6 Å². The van der Waals surface area contributed by atoms with E-state index >= 15 is 0 Å². The van der Waals surface area contributed by atoms with E-state index in [4.69, 9.17) is 4.99 Å². The molecule has 7 heteroatoms. The van der Waals surface area contributed by atoms with Gasteiger partial charge in [-0.1, -0.05) is 20.8 Å². The maximum atomic E-state index is 4.90. The third kappa shape index (κ3) is 9.59. The molecule has 1 unspecified atom stereocenters. The summed E-state index contributed by atoms with van der Waals surface area (Å²) in [7, 11) is 0. The van der Waals surface area contributed by atoms with Gasteiger partial charge >= 0.3 is 0 Å². The maximum absolute atomic E-state index is 4.90. The van der Waals surface area contributed by atoms with Crippen molar-refractivity contribution in [2.75, 3.05) is 72.0 Å². The fourth-order valence-electron chi connectivity index (χ4n) is 4.16. The zero-order chi connectivity index (χ0) is 19.5. The molecule has 1 atom stereocenters. The number of hydrogen-bond donors (Lipinski definition) is 2. The van der Waals surface area contributed by atoms with E-state index in [-0.39, 0.29) is 24.0 Å². The van der Waals surface area contributed by atoms with Crippen molar-refractivity contribution in [2.24, 2.45) is 10.9 Å². The minimum atomic E-state index is 0. The molecule has 2 rings (SSSR count). The summed E-state index contributed by atoms with van der Waals surface area (Å²) in [6.07, 6.45) is 3.71. The zero-order valence-electron chi connectivity index (χ0n) is 18.8. The summed E-state index contributed by atoms with van der Waals surface area (Å²) < 4.78 is 0. The van der Waals surface area contributed by atoms with Crippen molar-refractivity contribution >= 4 is 29.9 Å². The molecule has 0 aromatic carbocycles. The van der Waals surface area contributed by atoms with Gasteiger partial charge in [0.1, 0.15) is 0 Å².